The maximum atomic E-state index is 9.67. The van der Waals surface area contributed by atoms with Crippen molar-refractivity contribution in [1.82, 2.24) is 19.7 Å². The summed E-state index contributed by atoms with van der Waals surface area (Å²) in [6.45, 7) is 11.5. The highest BCUT2D eigenvalue weighted by molar-refractivity contribution is 5.97. The highest BCUT2D eigenvalue weighted by Gasteiger charge is 2.21. The van der Waals surface area contributed by atoms with E-state index in [1.807, 2.05) is 59.5 Å². The molecule has 0 spiro atoms. The first-order valence-corrected chi connectivity index (χ1v) is 12.3. The van der Waals surface area contributed by atoms with Crippen LogP contribution in [0.1, 0.15) is 51.8 Å². The lowest BCUT2D eigenvalue weighted by atomic mass is 9.96. The van der Waals surface area contributed by atoms with Crippen LogP contribution in [0.3, 0.4) is 0 Å². The van der Waals surface area contributed by atoms with E-state index in [2.05, 4.69) is 63.1 Å². The Balaban J connectivity index is 1.69. The molecular weight excluding hydrogens is 444 g/mol. The lowest BCUT2D eigenvalue weighted by Gasteiger charge is -2.20. The van der Waals surface area contributed by atoms with Gasteiger partial charge in [-0.05, 0) is 53.3 Å². The van der Waals surface area contributed by atoms with Crippen molar-refractivity contribution in [2.24, 2.45) is 5.41 Å². The number of aromatic nitrogens is 4. The molecule has 0 fully saturated rings. The fraction of sp³-hybridized carbons (Fsp3) is 0.267. The largest absolute Gasteiger partial charge is 0.383 e. The van der Waals surface area contributed by atoms with Gasteiger partial charge in [-0.3, -0.25) is 4.98 Å². The molecule has 0 aliphatic rings. The van der Waals surface area contributed by atoms with Gasteiger partial charge in [0.2, 0.25) is 0 Å². The standard InChI is InChI=1S/C30H30N6/c1-19(2)28-27-24(22-14-20-8-6-7-9-25(20)33-17-22)12-13-32-29(27)36(35-28)23-11-10-21(16-31)26(15-23)34-18-30(3,4)5/h6-15,17,19,34H,18H2,1-5H3. The van der Waals surface area contributed by atoms with Crippen molar-refractivity contribution in [3.05, 3.63) is 78.2 Å². The second-order valence-corrected chi connectivity index (χ2v) is 10.7. The average Bonchev–Trinajstić information content (AvgIpc) is 3.27. The quantitative estimate of drug-likeness (QED) is 0.294. The van der Waals surface area contributed by atoms with Crippen LogP contribution in [-0.4, -0.2) is 26.3 Å². The van der Waals surface area contributed by atoms with Crippen LogP contribution in [0.15, 0.2) is 67.0 Å². The molecule has 0 amide bonds. The van der Waals surface area contributed by atoms with Gasteiger partial charge in [-0.15, -0.1) is 0 Å². The number of nitrogens with zero attached hydrogens (tertiary/aromatic N) is 5. The minimum atomic E-state index is 0.0797. The number of fused-ring (bicyclic) bond motifs is 2. The van der Waals surface area contributed by atoms with E-state index in [1.54, 1.807) is 0 Å². The summed E-state index contributed by atoms with van der Waals surface area (Å²) in [5.74, 6) is 0.196. The number of hydrogen-bond donors (Lipinski definition) is 1. The summed E-state index contributed by atoms with van der Waals surface area (Å²) in [6.07, 6.45) is 3.76. The first-order valence-electron chi connectivity index (χ1n) is 12.3. The molecule has 1 N–H and O–H groups in total. The highest BCUT2D eigenvalue weighted by atomic mass is 15.3. The molecule has 3 heterocycles. The average molecular weight is 475 g/mol. The number of anilines is 1. The zero-order valence-corrected chi connectivity index (χ0v) is 21.4. The van der Waals surface area contributed by atoms with E-state index < -0.39 is 0 Å². The Bertz CT molecular complexity index is 1610. The van der Waals surface area contributed by atoms with E-state index in [-0.39, 0.29) is 11.3 Å². The van der Waals surface area contributed by atoms with E-state index >= 15 is 0 Å². The fourth-order valence-corrected chi connectivity index (χ4v) is 4.38. The summed E-state index contributed by atoms with van der Waals surface area (Å²) in [4.78, 5) is 9.45. The Hall–Kier alpha value is -4.24. The Morgan fingerprint density at radius 2 is 1.83 bits per heavy atom. The van der Waals surface area contributed by atoms with Gasteiger partial charge < -0.3 is 5.32 Å². The Morgan fingerprint density at radius 3 is 2.58 bits per heavy atom. The number of benzene rings is 2. The van der Waals surface area contributed by atoms with E-state index in [9.17, 15) is 5.26 Å². The molecule has 5 rings (SSSR count). The van der Waals surface area contributed by atoms with Gasteiger partial charge in [0.1, 0.15) is 6.07 Å². The molecule has 5 aromatic rings. The third-order valence-electron chi connectivity index (χ3n) is 6.22. The molecular formula is C30H30N6. The molecule has 0 saturated heterocycles. The van der Waals surface area contributed by atoms with Crippen molar-refractivity contribution in [2.75, 3.05) is 11.9 Å². The molecule has 2 aromatic carbocycles. The first kappa shape index (κ1) is 23.5. The smallest absolute Gasteiger partial charge is 0.163 e. The van der Waals surface area contributed by atoms with Crippen molar-refractivity contribution >= 4 is 27.6 Å². The van der Waals surface area contributed by atoms with Gasteiger partial charge in [-0.25, -0.2) is 9.67 Å². The van der Waals surface area contributed by atoms with E-state index in [0.717, 1.165) is 56.7 Å². The third kappa shape index (κ3) is 4.40. The minimum absolute atomic E-state index is 0.0797. The van der Waals surface area contributed by atoms with Crippen LogP contribution in [0.25, 0.3) is 38.8 Å². The van der Waals surface area contributed by atoms with Crippen LogP contribution >= 0.6 is 0 Å². The number of nitrogens with one attached hydrogen (secondary N) is 1. The fourth-order valence-electron chi connectivity index (χ4n) is 4.38. The summed E-state index contributed by atoms with van der Waals surface area (Å²) in [6, 6.07) is 20.4. The second-order valence-electron chi connectivity index (χ2n) is 10.7. The van der Waals surface area contributed by atoms with Gasteiger partial charge in [0.25, 0.3) is 0 Å². The van der Waals surface area contributed by atoms with Crippen molar-refractivity contribution in [1.29, 1.82) is 5.26 Å². The molecule has 0 aliphatic heterocycles. The van der Waals surface area contributed by atoms with Gasteiger partial charge in [0.15, 0.2) is 5.65 Å². The lowest BCUT2D eigenvalue weighted by Crippen LogP contribution is -2.19. The second kappa shape index (κ2) is 9.09. The normalized spacial score (nSPS) is 11.8. The summed E-state index contributed by atoms with van der Waals surface area (Å²) < 4.78 is 1.89. The van der Waals surface area contributed by atoms with E-state index in [0.29, 0.717) is 5.56 Å². The Kier molecular flexibility index (Phi) is 5.93. The van der Waals surface area contributed by atoms with E-state index in [1.165, 1.54) is 0 Å². The molecule has 0 bridgehead atoms. The van der Waals surface area contributed by atoms with Gasteiger partial charge in [0, 0.05) is 29.9 Å². The van der Waals surface area contributed by atoms with Crippen molar-refractivity contribution in [3.8, 4) is 22.9 Å². The third-order valence-corrected chi connectivity index (χ3v) is 6.22. The molecule has 6 nitrogen and oxygen atoms in total. The molecule has 3 aromatic heterocycles. The zero-order chi connectivity index (χ0) is 25.4. The van der Waals surface area contributed by atoms with Crippen LogP contribution in [0.4, 0.5) is 5.69 Å². The van der Waals surface area contributed by atoms with Crippen molar-refractivity contribution in [2.45, 2.75) is 40.5 Å². The summed E-state index contributed by atoms with van der Waals surface area (Å²) in [7, 11) is 0. The summed E-state index contributed by atoms with van der Waals surface area (Å²) in [5.41, 5.74) is 7.20. The van der Waals surface area contributed by atoms with E-state index in [4.69, 9.17) is 10.1 Å². The zero-order valence-electron chi connectivity index (χ0n) is 21.4. The molecule has 0 aliphatic carbocycles. The number of nitriles is 1. The van der Waals surface area contributed by atoms with Crippen LogP contribution in [0.5, 0.6) is 0 Å². The molecule has 180 valence electrons. The summed E-state index contributed by atoms with van der Waals surface area (Å²) >= 11 is 0. The number of para-hydroxylation sites is 1. The van der Waals surface area contributed by atoms with Gasteiger partial charge in [-0.2, -0.15) is 10.4 Å². The number of hydrogen-bond acceptors (Lipinski definition) is 5. The minimum Gasteiger partial charge on any atom is -0.383 e. The molecule has 0 atom stereocenters. The summed E-state index contributed by atoms with van der Waals surface area (Å²) in [5, 5.41) is 20.3. The van der Waals surface area contributed by atoms with Crippen molar-refractivity contribution < 1.29 is 0 Å². The number of pyridine rings is 2. The number of rotatable bonds is 5. The molecule has 0 saturated carbocycles. The predicted octanol–water partition coefficient (Wildman–Crippen LogP) is 7.09. The topological polar surface area (TPSA) is 79.4 Å². The van der Waals surface area contributed by atoms with Gasteiger partial charge in [0.05, 0.1) is 33.5 Å². The molecule has 6 heteroatoms. The van der Waals surface area contributed by atoms with Gasteiger partial charge >= 0.3 is 0 Å². The van der Waals surface area contributed by atoms with Gasteiger partial charge in [-0.1, -0.05) is 52.8 Å². The monoisotopic (exact) mass is 474 g/mol. The van der Waals surface area contributed by atoms with Crippen LogP contribution in [0, 0.1) is 16.7 Å². The predicted molar refractivity (Wildman–Crippen MR) is 146 cm³/mol. The van der Waals surface area contributed by atoms with Crippen LogP contribution < -0.4 is 5.32 Å². The van der Waals surface area contributed by atoms with Crippen molar-refractivity contribution in [3.63, 3.8) is 0 Å². The Labute approximate surface area is 211 Å². The first-order chi connectivity index (χ1) is 17.2. The highest BCUT2D eigenvalue weighted by Crippen LogP contribution is 2.35. The molecule has 36 heavy (non-hydrogen) atoms. The lowest BCUT2D eigenvalue weighted by molar-refractivity contribution is 0.443. The maximum absolute atomic E-state index is 9.67. The SMILES string of the molecule is CC(C)c1nn(-c2ccc(C#N)c(NCC(C)(C)C)c2)c2nccc(-c3cnc4ccccc4c3)c12. The van der Waals surface area contributed by atoms with Crippen LogP contribution in [0.2, 0.25) is 0 Å². The molecule has 0 unspecified atom stereocenters. The molecule has 0 radical (unpaired) electrons. The maximum Gasteiger partial charge on any atom is 0.163 e. The Morgan fingerprint density at radius 1 is 1.03 bits per heavy atom. The van der Waals surface area contributed by atoms with Crippen LogP contribution in [-0.2, 0) is 0 Å².